The van der Waals surface area contributed by atoms with Crippen LogP contribution in [0.2, 0.25) is 0 Å². The first-order chi connectivity index (χ1) is 7.46. The summed E-state index contributed by atoms with van der Waals surface area (Å²) < 4.78 is 39.4. The summed E-state index contributed by atoms with van der Waals surface area (Å²) in [6, 6.07) is 7.55. The van der Waals surface area contributed by atoms with Crippen LogP contribution in [0.4, 0.5) is 13.2 Å². The third-order valence-corrected chi connectivity index (χ3v) is 1.95. The lowest BCUT2D eigenvalue weighted by atomic mass is 10.2. The summed E-state index contributed by atoms with van der Waals surface area (Å²) in [6.45, 7) is 0. The van der Waals surface area contributed by atoms with Crippen LogP contribution in [-0.4, -0.2) is 11.3 Å². The molecule has 0 saturated carbocycles. The Hall–Kier alpha value is -1.98. The van der Waals surface area contributed by atoms with Crippen molar-refractivity contribution in [3.8, 4) is 5.75 Å². The van der Waals surface area contributed by atoms with Gasteiger partial charge in [0.2, 0.25) is 0 Å². The Balaban J connectivity index is 2.55. The van der Waals surface area contributed by atoms with Crippen LogP contribution >= 0.6 is 0 Å². The Bertz CT molecular complexity index is 574. The molecule has 0 unspecified atom stereocenters. The number of benzene rings is 1. The van der Waals surface area contributed by atoms with Gasteiger partial charge in [0.15, 0.2) is 5.75 Å². The van der Waals surface area contributed by atoms with Crippen LogP contribution in [0.15, 0.2) is 35.1 Å². The van der Waals surface area contributed by atoms with Crippen molar-refractivity contribution in [3.05, 3.63) is 40.7 Å². The summed E-state index contributed by atoms with van der Waals surface area (Å²) in [5, 5.41) is 0.473. The van der Waals surface area contributed by atoms with E-state index in [1.54, 1.807) is 24.3 Å². The second-order valence-electron chi connectivity index (χ2n) is 3.10. The maximum absolute atomic E-state index is 11.9. The van der Waals surface area contributed by atoms with Crippen LogP contribution < -0.4 is 10.3 Å². The van der Waals surface area contributed by atoms with Crippen molar-refractivity contribution in [2.45, 2.75) is 6.36 Å². The second-order valence-corrected chi connectivity index (χ2v) is 3.10. The Morgan fingerprint density at radius 3 is 2.56 bits per heavy atom. The highest BCUT2D eigenvalue weighted by atomic mass is 19.4. The molecule has 0 fully saturated rings. The van der Waals surface area contributed by atoms with Gasteiger partial charge in [-0.1, -0.05) is 18.2 Å². The summed E-state index contributed by atoms with van der Waals surface area (Å²) >= 11 is 0. The molecular formula is C10H6F3NO2. The zero-order valence-electron chi connectivity index (χ0n) is 7.84. The van der Waals surface area contributed by atoms with Crippen LogP contribution in [0.5, 0.6) is 5.75 Å². The van der Waals surface area contributed by atoms with Crippen molar-refractivity contribution in [2.24, 2.45) is 0 Å². The molecule has 1 aromatic carbocycles. The number of fused-ring (bicyclic) bond motifs is 1. The number of aromatic amines is 1. The highest BCUT2D eigenvalue weighted by Gasteiger charge is 2.32. The summed E-state index contributed by atoms with van der Waals surface area (Å²) in [5.41, 5.74) is -0.446. The number of ether oxygens (including phenoxy) is 1. The van der Waals surface area contributed by atoms with E-state index in [0.717, 1.165) is 6.07 Å². The minimum absolute atomic E-state index is 0.460. The highest BCUT2D eigenvalue weighted by Crippen LogP contribution is 2.21. The molecule has 0 spiro atoms. The van der Waals surface area contributed by atoms with Crippen LogP contribution in [0.25, 0.3) is 10.9 Å². The van der Waals surface area contributed by atoms with Crippen molar-refractivity contribution >= 4 is 10.9 Å². The summed E-state index contributed by atoms with van der Waals surface area (Å²) in [6.07, 6.45) is -4.87. The molecule has 0 aliphatic carbocycles. The van der Waals surface area contributed by atoms with Crippen LogP contribution in [0.1, 0.15) is 0 Å². The molecule has 1 aromatic heterocycles. The van der Waals surface area contributed by atoms with E-state index in [-0.39, 0.29) is 0 Å². The van der Waals surface area contributed by atoms with E-state index in [1.807, 2.05) is 0 Å². The Morgan fingerprint density at radius 2 is 1.88 bits per heavy atom. The number of pyridine rings is 1. The molecule has 6 heteroatoms. The van der Waals surface area contributed by atoms with E-state index in [4.69, 9.17) is 0 Å². The molecule has 2 aromatic rings. The molecule has 0 saturated heterocycles. The van der Waals surface area contributed by atoms with E-state index >= 15 is 0 Å². The van der Waals surface area contributed by atoms with Gasteiger partial charge in [-0.05, 0) is 12.1 Å². The van der Waals surface area contributed by atoms with Crippen molar-refractivity contribution < 1.29 is 17.9 Å². The van der Waals surface area contributed by atoms with Gasteiger partial charge < -0.3 is 9.72 Å². The molecule has 0 bridgehead atoms. The number of halogens is 3. The number of alkyl halides is 3. The normalized spacial score (nSPS) is 11.7. The number of aromatic nitrogens is 1. The predicted octanol–water partition coefficient (Wildman–Crippen LogP) is 2.43. The molecule has 0 aliphatic rings. The van der Waals surface area contributed by atoms with Gasteiger partial charge >= 0.3 is 6.36 Å². The Kier molecular flexibility index (Phi) is 2.34. The molecule has 0 atom stereocenters. The van der Waals surface area contributed by atoms with Crippen molar-refractivity contribution in [3.63, 3.8) is 0 Å². The number of rotatable bonds is 1. The van der Waals surface area contributed by atoms with Gasteiger partial charge in [0.1, 0.15) is 0 Å². The predicted molar refractivity (Wildman–Crippen MR) is 51.3 cm³/mol. The number of H-pyrrole nitrogens is 1. The second kappa shape index (κ2) is 3.55. The van der Waals surface area contributed by atoms with Gasteiger partial charge in [0.25, 0.3) is 5.56 Å². The van der Waals surface area contributed by atoms with E-state index in [0.29, 0.717) is 10.9 Å². The van der Waals surface area contributed by atoms with Crippen LogP contribution in [-0.2, 0) is 0 Å². The smallest absolute Gasteiger partial charge is 0.400 e. The van der Waals surface area contributed by atoms with Gasteiger partial charge in [0.05, 0.1) is 0 Å². The fourth-order valence-electron chi connectivity index (χ4n) is 1.33. The number of para-hydroxylation sites is 1. The van der Waals surface area contributed by atoms with E-state index in [1.165, 1.54) is 0 Å². The largest absolute Gasteiger partial charge is 0.573 e. The van der Waals surface area contributed by atoms with Crippen molar-refractivity contribution in [2.75, 3.05) is 0 Å². The summed E-state index contributed by atoms with van der Waals surface area (Å²) in [4.78, 5) is 13.5. The first kappa shape index (κ1) is 10.5. The molecule has 2 rings (SSSR count). The van der Waals surface area contributed by atoms with Gasteiger partial charge in [0, 0.05) is 10.9 Å². The van der Waals surface area contributed by atoms with Crippen LogP contribution in [0, 0.1) is 0 Å². The Morgan fingerprint density at radius 1 is 1.19 bits per heavy atom. The third-order valence-electron chi connectivity index (χ3n) is 1.95. The molecule has 3 nitrogen and oxygen atoms in total. The minimum Gasteiger partial charge on any atom is -0.400 e. The number of hydrogen-bond donors (Lipinski definition) is 1. The van der Waals surface area contributed by atoms with Gasteiger partial charge in [-0.25, -0.2) is 0 Å². The molecule has 1 heterocycles. The van der Waals surface area contributed by atoms with E-state index in [2.05, 4.69) is 9.72 Å². The average Bonchev–Trinajstić information content (AvgIpc) is 2.17. The molecular weight excluding hydrogens is 223 g/mol. The molecule has 16 heavy (non-hydrogen) atoms. The lowest BCUT2D eigenvalue weighted by Crippen LogP contribution is -2.22. The lowest BCUT2D eigenvalue weighted by molar-refractivity contribution is -0.275. The lowest BCUT2D eigenvalue weighted by Gasteiger charge is -2.08. The molecule has 0 aliphatic heterocycles. The van der Waals surface area contributed by atoms with Crippen molar-refractivity contribution in [1.29, 1.82) is 0 Å². The highest BCUT2D eigenvalue weighted by molar-refractivity contribution is 5.79. The van der Waals surface area contributed by atoms with Crippen LogP contribution in [0.3, 0.4) is 0 Å². The standard InChI is InChI=1S/C10H6F3NO2/c11-10(12,13)16-8-5-6-3-1-2-4-7(6)14-9(8)15/h1-5H,(H,14,15). The fraction of sp³-hybridized carbons (Fsp3) is 0.100. The zero-order valence-corrected chi connectivity index (χ0v) is 7.84. The number of hydrogen-bond acceptors (Lipinski definition) is 2. The first-order valence-corrected chi connectivity index (χ1v) is 4.33. The first-order valence-electron chi connectivity index (χ1n) is 4.33. The van der Waals surface area contributed by atoms with Gasteiger partial charge in [-0.3, -0.25) is 4.79 Å². The molecule has 0 amide bonds. The molecule has 0 radical (unpaired) electrons. The molecule has 84 valence electrons. The summed E-state index contributed by atoms with van der Waals surface area (Å²) in [7, 11) is 0. The van der Waals surface area contributed by atoms with Crippen molar-refractivity contribution in [1.82, 2.24) is 4.98 Å². The maximum atomic E-state index is 11.9. The average molecular weight is 229 g/mol. The molecule has 1 N–H and O–H groups in total. The quantitative estimate of drug-likeness (QED) is 0.815. The SMILES string of the molecule is O=c1[nH]c2ccccc2cc1OC(F)(F)F. The monoisotopic (exact) mass is 229 g/mol. The fourth-order valence-corrected chi connectivity index (χ4v) is 1.33. The minimum atomic E-state index is -4.87. The van der Waals surface area contributed by atoms with E-state index < -0.39 is 17.7 Å². The van der Waals surface area contributed by atoms with Gasteiger partial charge in [-0.2, -0.15) is 0 Å². The Labute approximate surface area is 87.5 Å². The third kappa shape index (κ3) is 2.16. The summed E-state index contributed by atoms with van der Waals surface area (Å²) in [5.74, 6) is -0.758. The topological polar surface area (TPSA) is 42.1 Å². The maximum Gasteiger partial charge on any atom is 0.573 e. The van der Waals surface area contributed by atoms with Gasteiger partial charge in [-0.15, -0.1) is 13.2 Å². The van der Waals surface area contributed by atoms with E-state index in [9.17, 15) is 18.0 Å². The zero-order chi connectivity index (χ0) is 11.8. The number of nitrogens with one attached hydrogen (secondary N) is 1.